The molecule has 118 heavy (non-hydrogen) atoms. The average Bonchev–Trinajstić information content (AvgIpc) is 1.45. The maximum absolute atomic E-state index is 15.5. The number of carbonyl (C=O) groups is 15. The first-order valence-corrected chi connectivity index (χ1v) is 39.5. The summed E-state index contributed by atoms with van der Waals surface area (Å²) in [7, 11) is 1.42. The van der Waals surface area contributed by atoms with E-state index in [0.717, 1.165) is 10.8 Å². The summed E-state index contributed by atoms with van der Waals surface area (Å²) in [5.74, 6) is -10.8. The predicted molar refractivity (Wildman–Crippen MR) is 439 cm³/mol. The molecule has 1 aromatic heterocycles. The van der Waals surface area contributed by atoms with Crippen LogP contribution in [0.5, 0.6) is 0 Å². The normalized spacial score (nSPS) is 16.1. The second-order valence-corrected chi connectivity index (χ2v) is 30.6. The minimum atomic E-state index is -1.92. The zero-order valence-electron chi connectivity index (χ0n) is 66.8. The molecule has 17 amide bonds. The first kappa shape index (κ1) is 91.1. The molecular formula is C83H105ClN18O16. The number of benzene rings is 5. The molecule has 34 nitrogen and oxygen atoms in total. The van der Waals surface area contributed by atoms with Crippen molar-refractivity contribution in [2.45, 2.75) is 191 Å². The van der Waals surface area contributed by atoms with Gasteiger partial charge >= 0.3 is 12.1 Å². The Morgan fingerprint density at radius 1 is 0.576 bits per heavy atom. The fraction of sp³-hybridized carbons (Fsp3) is 0.422. The largest absolute Gasteiger partial charge is 0.394 e. The van der Waals surface area contributed by atoms with Crippen molar-refractivity contribution >= 4 is 123 Å². The lowest BCUT2D eigenvalue weighted by atomic mass is 9.98. The van der Waals surface area contributed by atoms with Crippen molar-refractivity contribution in [1.82, 2.24) is 73.3 Å². The highest BCUT2D eigenvalue weighted by atomic mass is 35.5. The van der Waals surface area contributed by atoms with Crippen LogP contribution in [-0.4, -0.2) is 208 Å². The maximum atomic E-state index is 15.5. The number of likely N-dealkylation sites (N-methyl/N-ethyl adjacent to an activating group) is 1. The number of anilines is 2. The summed E-state index contributed by atoms with van der Waals surface area (Å²) in [4.78, 5) is 216. The van der Waals surface area contributed by atoms with Crippen LogP contribution in [0.3, 0.4) is 0 Å². The van der Waals surface area contributed by atoms with Crippen molar-refractivity contribution < 1.29 is 77.0 Å². The van der Waals surface area contributed by atoms with Gasteiger partial charge in [0, 0.05) is 87.5 Å². The van der Waals surface area contributed by atoms with E-state index >= 15 is 28.8 Å². The standard InChI is InChI=1S/C83H105ClN18O16/c1-46(2)36-66(80(115)101(7)69(17-10-11-34-88-47(3)4)81(116)102-35-13-18-68(102)79(114)89-48(5)71(85)106)97-76(111)63(40-52-24-31-59(32-25-52)92-82(86)117)94-75(110)62(39-51-22-29-58(30-23-51)91-72(107)65-43-70(105)100-83(118)99-65)96-78(113)67(45-103)98-77(112)64(42-54-14-12-33-87-44-54)95-74(109)61(38-50-20-27-57(84)28-21-50)93-73(108)60(90-49(6)104)41-53-19-26-55-15-8-9-16-56(55)37-53/h8-9,12,14-16,19-33,37,44,46-48,60-69,88,103H,10-11,13,17-18,34-36,38-43,45H2,1-7H3,(H2,85,106)(H,89,114)(H,90,104)(H,91,107)(H,93,108)(H,94,110)(H,95,109)(H,96,113)(H,97,111)(H,98,112)(H3,86,92,117)(H2,99,100,105,118)/t48-,60-,61-,62+,63-,64-,65+,66+,67+,68+,69+/m1/s1. The predicted octanol–water partition coefficient (Wildman–Crippen LogP) is 1.86. The molecule has 0 spiro atoms. The van der Waals surface area contributed by atoms with E-state index in [1.165, 1.54) is 91.6 Å². The van der Waals surface area contributed by atoms with Crippen LogP contribution in [0.4, 0.5) is 21.0 Å². The van der Waals surface area contributed by atoms with Gasteiger partial charge in [-0.3, -0.25) is 72.6 Å². The van der Waals surface area contributed by atoms with Gasteiger partial charge in [0.25, 0.3) is 0 Å². The number of fused-ring (bicyclic) bond motifs is 1. The summed E-state index contributed by atoms with van der Waals surface area (Å²) in [5, 5.41) is 47.7. The molecule has 2 aliphatic rings. The first-order valence-electron chi connectivity index (χ1n) is 39.1. The number of pyridine rings is 1. The molecular weight excluding hydrogens is 1540 g/mol. The van der Waals surface area contributed by atoms with Gasteiger partial charge in [-0.15, -0.1) is 0 Å². The lowest BCUT2D eigenvalue weighted by molar-refractivity contribution is -0.149. The van der Waals surface area contributed by atoms with Gasteiger partial charge in [0.15, 0.2) is 0 Å². The Morgan fingerprint density at radius 3 is 1.58 bits per heavy atom. The highest BCUT2D eigenvalue weighted by Crippen LogP contribution is 2.25. The molecule has 0 unspecified atom stereocenters. The second-order valence-electron chi connectivity index (χ2n) is 30.2. The molecule has 0 bridgehead atoms. The molecule has 2 saturated heterocycles. The Labute approximate surface area is 688 Å². The van der Waals surface area contributed by atoms with E-state index in [0.29, 0.717) is 53.1 Å². The van der Waals surface area contributed by atoms with Gasteiger partial charge < -0.3 is 90.2 Å². The van der Waals surface area contributed by atoms with Crippen LogP contribution in [0.2, 0.25) is 5.02 Å². The third-order valence-electron chi connectivity index (χ3n) is 19.9. The van der Waals surface area contributed by atoms with Crippen LogP contribution < -0.4 is 80.6 Å². The monoisotopic (exact) mass is 1640 g/mol. The van der Waals surface area contributed by atoms with Crippen LogP contribution >= 0.6 is 11.6 Å². The summed E-state index contributed by atoms with van der Waals surface area (Å²) in [6, 6.07) is 17.4. The van der Waals surface area contributed by atoms with E-state index in [1.807, 2.05) is 56.3 Å². The number of aliphatic hydroxyl groups is 1. The number of aromatic nitrogens is 1. The van der Waals surface area contributed by atoms with Gasteiger partial charge in [-0.2, -0.15) is 0 Å². The van der Waals surface area contributed by atoms with E-state index in [1.54, 1.807) is 50.2 Å². The van der Waals surface area contributed by atoms with E-state index in [2.05, 4.69) is 74.1 Å². The molecule has 2 fully saturated rings. The summed E-state index contributed by atoms with van der Waals surface area (Å²) in [5.41, 5.74) is 13.6. The molecule has 6 aromatic rings. The molecule has 0 radical (unpaired) electrons. The molecule has 18 N–H and O–H groups in total. The fourth-order valence-electron chi connectivity index (χ4n) is 13.7. The number of imide groups is 1. The maximum Gasteiger partial charge on any atom is 0.322 e. The molecule has 630 valence electrons. The Bertz CT molecular complexity index is 4560. The van der Waals surface area contributed by atoms with Gasteiger partial charge in [-0.1, -0.05) is 124 Å². The number of likely N-dealkylation sites (tertiary alicyclic amines) is 1. The average molecular weight is 1650 g/mol. The van der Waals surface area contributed by atoms with Crippen LogP contribution in [-0.2, 0) is 94.4 Å². The Morgan fingerprint density at radius 2 is 1.08 bits per heavy atom. The molecule has 0 aliphatic carbocycles. The van der Waals surface area contributed by atoms with E-state index < -0.39 is 168 Å². The molecule has 3 heterocycles. The van der Waals surface area contributed by atoms with Gasteiger partial charge in [-0.25, -0.2) is 9.59 Å². The summed E-state index contributed by atoms with van der Waals surface area (Å²) >= 11 is 6.27. The summed E-state index contributed by atoms with van der Waals surface area (Å²) in [6.45, 7) is 9.80. The third-order valence-corrected chi connectivity index (χ3v) is 20.2. The number of rotatable bonds is 41. The first-order chi connectivity index (χ1) is 56.2. The number of amides is 17. The Hall–Kier alpha value is -12.4. The minimum absolute atomic E-state index is 0.00419. The molecule has 0 saturated carbocycles. The molecule has 8 rings (SSSR count). The lowest BCUT2D eigenvalue weighted by Gasteiger charge is -2.36. The van der Waals surface area contributed by atoms with Crippen molar-refractivity contribution in [2.24, 2.45) is 17.4 Å². The topological polar surface area (TPSA) is 504 Å². The lowest BCUT2D eigenvalue weighted by Crippen LogP contribution is -2.62. The molecule has 5 aromatic carbocycles. The summed E-state index contributed by atoms with van der Waals surface area (Å²) in [6.07, 6.45) is 3.10. The van der Waals surface area contributed by atoms with Crippen molar-refractivity contribution in [2.75, 3.05) is 37.4 Å². The van der Waals surface area contributed by atoms with Crippen molar-refractivity contribution in [3.63, 3.8) is 0 Å². The summed E-state index contributed by atoms with van der Waals surface area (Å²) < 4.78 is 0. The van der Waals surface area contributed by atoms with E-state index in [9.17, 15) is 48.3 Å². The van der Waals surface area contributed by atoms with E-state index in [-0.39, 0.29) is 86.8 Å². The zero-order valence-corrected chi connectivity index (χ0v) is 67.6. The highest BCUT2D eigenvalue weighted by Gasteiger charge is 2.43. The van der Waals surface area contributed by atoms with Crippen LogP contribution in [0.1, 0.15) is 114 Å². The van der Waals surface area contributed by atoms with Crippen molar-refractivity contribution in [1.29, 1.82) is 0 Å². The number of urea groups is 2. The molecule has 2 aliphatic heterocycles. The van der Waals surface area contributed by atoms with Crippen LogP contribution in [0, 0.1) is 5.92 Å². The number of aliphatic hydroxyl groups excluding tert-OH is 1. The van der Waals surface area contributed by atoms with E-state index in [4.69, 9.17) is 23.1 Å². The highest BCUT2D eigenvalue weighted by molar-refractivity contribution is 6.30. The number of carbonyl (C=O) groups excluding carboxylic acids is 15. The quantitative estimate of drug-likeness (QED) is 0.0244. The van der Waals surface area contributed by atoms with Crippen molar-refractivity contribution in [3.8, 4) is 0 Å². The Kier molecular flexibility index (Phi) is 34.0. The van der Waals surface area contributed by atoms with Crippen LogP contribution in [0.25, 0.3) is 10.8 Å². The van der Waals surface area contributed by atoms with Gasteiger partial charge in [0.1, 0.15) is 66.5 Å². The molecule has 11 atom stereocenters. The number of primary amides is 2. The SMILES string of the molecule is CC(=O)N[C@H](Cc1ccc2ccccc2c1)C(=O)N[C@H](Cc1ccc(Cl)cc1)C(=O)N[C@H](Cc1cccnc1)C(=O)N[C@@H](CO)C(=O)N[C@@H](Cc1ccc(NC(=O)[C@@H]2CC(=O)NC(=O)N2)cc1)C(=O)N[C@H](Cc1ccc(NC(N)=O)cc1)C(=O)N[C@@H](CC(C)C)C(=O)N(C)[C@@H](CCCCNC(C)C)C(=O)N1CCC[C@H]1C(=O)N[C@H](C)C(N)=O. The van der Waals surface area contributed by atoms with Crippen molar-refractivity contribution in [3.05, 3.63) is 173 Å². The number of hydrogen-bond acceptors (Lipinski definition) is 18. The van der Waals surface area contributed by atoms with Crippen LogP contribution in [0.15, 0.2) is 140 Å². The smallest absolute Gasteiger partial charge is 0.322 e. The Balaban J connectivity index is 1.11. The molecule has 35 heteroatoms. The number of nitrogens with zero attached hydrogens (tertiary/aromatic N) is 3. The van der Waals surface area contributed by atoms with Gasteiger partial charge in [0.2, 0.25) is 76.8 Å². The fourth-order valence-corrected chi connectivity index (χ4v) is 13.8. The van der Waals surface area contributed by atoms with Gasteiger partial charge in [0.05, 0.1) is 13.0 Å². The third kappa shape index (κ3) is 27.9. The van der Waals surface area contributed by atoms with Gasteiger partial charge in [-0.05, 0) is 139 Å². The number of nitrogens with one attached hydrogen (secondary N) is 13. The number of hydrogen-bond donors (Lipinski definition) is 16. The zero-order chi connectivity index (χ0) is 85.9. The second kappa shape index (κ2) is 44.1. The minimum Gasteiger partial charge on any atom is -0.394 e. The number of nitrogens with two attached hydrogens (primary N) is 2. The number of halogens is 1. The number of unbranched alkanes of at least 4 members (excludes halogenated alkanes) is 1.